The summed E-state index contributed by atoms with van der Waals surface area (Å²) in [5, 5.41) is 3.67. The van der Waals surface area contributed by atoms with Crippen LogP contribution >= 0.6 is 24.0 Å². The third-order valence-corrected chi connectivity index (χ3v) is 4.34. The van der Waals surface area contributed by atoms with Crippen molar-refractivity contribution in [2.75, 3.05) is 26.0 Å². The molecule has 3 aromatic rings. The standard InChI is InChI=1S/C19H20ClN5O2.ClH/c1-22-19(21)24-18(26)15-10-13-14(20)8-9-16(17(13)23-15)27-12-6-4-11(5-7-12)25(2)3;/h4-10,23H,1-3H3,(H3,21,22,24,26);1H. The predicted molar refractivity (Wildman–Crippen MR) is 116 cm³/mol. The number of ether oxygens (including phenoxy) is 1. The molecule has 0 atom stereocenters. The largest absolute Gasteiger partial charge is 0.455 e. The number of aromatic amines is 1. The van der Waals surface area contributed by atoms with Gasteiger partial charge in [-0.15, -0.1) is 12.4 Å². The summed E-state index contributed by atoms with van der Waals surface area (Å²) < 4.78 is 5.99. The van der Waals surface area contributed by atoms with Gasteiger partial charge < -0.3 is 20.4 Å². The summed E-state index contributed by atoms with van der Waals surface area (Å²) in [6.45, 7) is 0. The highest BCUT2D eigenvalue weighted by atomic mass is 35.5. The molecule has 2 aromatic carbocycles. The molecule has 0 aliphatic rings. The molecule has 7 nitrogen and oxygen atoms in total. The molecule has 0 unspecified atom stereocenters. The summed E-state index contributed by atoms with van der Waals surface area (Å²) >= 11 is 6.28. The second kappa shape index (κ2) is 8.86. The first-order chi connectivity index (χ1) is 12.9. The first-order valence-corrected chi connectivity index (χ1v) is 8.57. The van der Waals surface area contributed by atoms with Gasteiger partial charge in [0.05, 0.1) is 10.5 Å². The van der Waals surface area contributed by atoms with E-state index in [0.717, 1.165) is 5.69 Å². The SMILES string of the molecule is CN=C(N)NC(=O)c1cc2c(Cl)ccc(Oc3ccc(N(C)C)cc3)c2[nH]1.Cl. The number of anilines is 1. The highest BCUT2D eigenvalue weighted by molar-refractivity contribution is 6.36. The molecule has 3 rings (SSSR count). The lowest BCUT2D eigenvalue weighted by atomic mass is 10.2. The topological polar surface area (TPSA) is 95.7 Å². The summed E-state index contributed by atoms with van der Waals surface area (Å²) in [6.07, 6.45) is 0. The van der Waals surface area contributed by atoms with Gasteiger partial charge in [0.2, 0.25) is 0 Å². The number of carbonyl (C=O) groups is 1. The minimum Gasteiger partial charge on any atom is -0.455 e. The quantitative estimate of drug-likeness (QED) is 0.441. The van der Waals surface area contributed by atoms with E-state index in [1.807, 2.05) is 43.3 Å². The maximum Gasteiger partial charge on any atom is 0.274 e. The van der Waals surface area contributed by atoms with Gasteiger partial charge in [0.1, 0.15) is 11.4 Å². The number of carbonyl (C=O) groups excluding carboxylic acids is 1. The number of rotatable bonds is 4. The molecule has 148 valence electrons. The minimum absolute atomic E-state index is 0. The number of aliphatic imine (C=N–C) groups is 1. The lowest BCUT2D eigenvalue weighted by Gasteiger charge is -2.13. The van der Waals surface area contributed by atoms with Crippen LogP contribution in [0.2, 0.25) is 5.02 Å². The Hall–Kier alpha value is -2.90. The van der Waals surface area contributed by atoms with Crippen molar-refractivity contribution < 1.29 is 9.53 Å². The lowest BCUT2D eigenvalue weighted by Crippen LogP contribution is -2.36. The van der Waals surface area contributed by atoms with E-state index in [2.05, 4.69) is 15.3 Å². The van der Waals surface area contributed by atoms with Gasteiger partial charge in [-0.2, -0.15) is 0 Å². The maximum atomic E-state index is 12.3. The fourth-order valence-electron chi connectivity index (χ4n) is 2.55. The van der Waals surface area contributed by atoms with Crippen LogP contribution in [0, 0.1) is 0 Å². The van der Waals surface area contributed by atoms with E-state index in [9.17, 15) is 4.79 Å². The van der Waals surface area contributed by atoms with E-state index in [-0.39, 0.29) is 18.4 Å². The monoisotopic (exact) mass is 421 g/mol. The highest BCUT2D eigenvalue weighted by Gasteiger charge is 2.15. The molecule has 0 aliphatic carbocycles. The Labute approximate surface area is 173 Å². The molecule has 0 saturated carbocycles. The zero-order valence-electron chi connectivity index (χ0n) is 15.6. The van der Waals surface area contributed by atoms with E-state index in [1.165, 1.54) is 7.05 Å². The van der Waals surface area contributed by atoms with Crippen LogP contribution in [-0.2, 0) is 0 Å². The van der Waals surface area contributed by atoms with Crippen LogP contribution in [0.15, 0.2) is 47.5 Å². The number of nitrogens with two attached hydrogens (primary N) is 1. The molecule has 0 fully saturated rings. The third-order valence-electron chi connectivity index (χ3n) is 4.01. The average Bonchev–Trinajstić information content (AvgIpc) is 3.11. The van der Waals surface area contributed by atoms with Gasteiger partial charge >= 0.3 is 0 Å². The lowest BCUT2D eigenvalue weighted by molar-refractivity contribution is 0.0972. The van der Waals surface area contributed by atoms with Crippen molar-refractivity contribution >= 4 is 52.5 Å². The van der Waals surface area contributed by atoms with Crippen LogP contribution in [0.5, 0.6) is 11.5 Å². The van der Waals surface area contributed by atoms with Crippen molar-refractivity contribution in [3.63, 3.8) is 0 Å². The van der Waals surface area contributed by atoms with Gasteiger partial charge in [-0.3, -0.25) is 15.1 Å². The van der Waals surface area contributed by atoms with Crippen LogP contribution in [-0.4, -0.2) is 38.0 Å². The Morgan fingerprint density at radius 2 is 1.89 bits per heavy atom. The van der Waals surface area contributed by atoms with Crippen LogP contribution < -0.4 is 20.7 Å². The van der Waals surface area contributed by atoms with Crippen molar-refractivity contribution in [2.24, 2.45) is 10.7 Å². The van der Waals surface area contributed by atoms with Gasteiger partial charge in [-0.05, 0) is 42.5 Å². The molecule has 1 amide bonds. The molecule has 4 N–H and O–H groups in total. The average molecular weight is 422 g/mol. The van der Waals surface area contributed by atoms with Crippen molar-refractivity contribution in [2.45, 2.75) is 0 Å². The second-order valence-electron chi connectivity index (χ2n) is 6.07. The molecule has 28 heavy (non-hydrogen) atoms. The number of hydrogen-bond donors (Lipinski definition) is 3. The fraction of sp³-hybridized carbons (Fsp3) is 0.158. The van der Waals surface area contributed by atoms with Crippen molar-refractivity contribution in [1.29, 1.82) is 0 Å². The van der Waals surface area contributed by atoms with E-state index >= 15 is 0 Å². The molecule has 0 spiro atoms. The highest BCUT2D eigenvalue weighted by Crippen LogP contribution is 2.34. The van der Waals surface area contributed by atoms with Crippen molar-refractivity contribution in [3.8, 4) is 11.5 Å². The van der Waals surface area contributed by atoms with E-state index in [0.29, 0.717) is 33.1 Å². The Balaban J connectivity index is 0.00000280. The molecular weight excluding hydrogens is 401 g/mol. The molecule has 0 bridgehead atoms. The number of nitrogens with zero attached hydrogens (tertiary/aromatic N) is 2. The van der Waals surface area contributed by atoms with Crippen LogP contribution in [0.4, 0.5) is 5.69 Å². The van der Waals surface area contributed by atoms with E-state index in [4.69, 9.17) is 22.1 Å². The molecular formula is C19H21Cl2N5O2. The number of fused-ring (bicyclic) bond motifs is 1. The second-order valence-corrected chi connectivity index (χ2v) is 6.48. The summed E-state index contributed by atoms with van der Waals surface area (Å²) in [6, 6.07) is 12.8. The summed E-state index contributed by atoms with van der Waals surface area (Å²) in [7, 11) is 5.44. The number of H-pyrrole nitrogens is 1. The maximum absolute atomic E-state index is 12.3. The number of aromatic nitrogens is 1. The van der Waals surface area contributed by atoms with Gasteiger partial charge in [0, 0.05) is 32.2 Å². The molecule has 1 aromatic heterocycles. The zero-order valence-corrected chi connectivity index (χ0v) is 17.2. The normalized spacial score (nSPS) is 11.1. The van der Waals surface area contributed by atoms with E-state index < -0.39 is 5.91 Å². The molecule has 9 heteroatoms. The van der Waals surface area contributed by atoms with Crippen molar-refractivity contribution in [1.82, 2.24) is 10.3 Å². The smallest absolute Gasteiger partial charge is 0.274 e. The number of amides is 1. The van der Waals surface area contributed by atoms with Crippen LogP contribution in [0.3, 0.4) is 0 Å². The van der Waals surface area contributed by atoms with Crippen molar-refractivity contribution in [3.05, 3.63) is 53.2 Å². The number of nitrogens with one attached hydrogen (secondary N) is 2. The number of halogens is 2. The first kappa shape index (κ1) is 21.4. The number of hydrogen-bond acceptors (Lipinski definition) is 4. The summed E-state index contributed by atoms with van der Waals surface area (Å²) in [4.78, 5) is 21.0. The Bertz CT molecular complexity index is 1010. The van der Waals surface area contributed by atoms with Crippen LogP contribution in [0.25, 0.3) is 10.9 Å². The van der Waals surface area contributed by atoms with Gasteiger partial charge in [0.15, 0.2) is 11.7 Å². The first-order valence-electron chi connectivity index (χ1n) is 8.19. The predicted octanol–water partition coefficient (Wildman–Crippen LogP) is 3.78. The Kier molecular flexibility index (Phi) is 6.77. The Morgan fingerprint density at radius 3 is 2.50 bits per heavy atom. The minimum atomic E-state index is -0.411. The summed E-state index contributed by atoms with van der Waals surface area (Å²) in [5.74, 6) is 0.851. The molecule has 0 aliphatic heterocycles. The van der Waals surface area contributed by atoms with Gasteiger partial charge in [-0.25, -0.2) is 0 Å². The zero-order chi connectivity index (χ0) is 19.6. The Morgan fingerprint density at radius 1 is 1.21 bits per heavy atom. The number of benzene rings is 2. The molecule has 1 heterocycles. The van der Waals surface area contributed by atoms with Gasteiger partial charge in [0.25, 0.3) is 5.91 Å². The van der Waals surface area contributed by atoms with E-state index in [1.54, 1.807) is 18.2 Å². The number of guanidine groups is 1. The van der Waals surface area contributed by atoms with Gasteiger partial charge in [-0.1, -0.05) is 11.6 Å². The van der Waals surface area contributed by atoms with Crippen LogP contribution in [0.1, 0.15) is 10.5 Å². The fourth-order valence-corrected chi connectivity index (χ4v) is 2.76. The molecule has 0 radical (unpaired) electrons. The summed E-state index contributed by atoms with van der Waals surface area (Å²) in [5.41, 5.74) is 7.54. The third kappa shape index (κ3) is 4.49. The molecule has 0 saturated heterocycles.